The first-order chi connectivity index (χ1) is 13.2. The van der Waals surface area contributed by atoms with Crippen molar-refractivity contribution in [1.82, 2.24) is 9.80 Å². The summed E-state index contributed by atoms with van der Waals surface area (Å²) in [4.78, 5) is 5.70. The zero-order valence-electron chi connectivity index (χ0n) is 16.0. The predicted octanol–water partition coefficient (Wildman–Crippen LogP) is 4.24. The number of hydrogen-bond donors (Lipinski definition) is 0. The number of thiocarbonyl (C=S) groups is 1. The molecule has 0 amide bonds. The molecule has 0 aromatic heterocycles. The molecule has 3 rings (SSSR count). The van der Waals surface area contributed by atoms with Gasteiger partial charge in [0.05, 0.1) is 11.1 Å². The topological polar surface area (TPSA) is 30.3 Å². The van der Waals surface area contributed by atoms with Gasteiger partial charge in [0.1, 0.15) is 5.41 Å². The molecule has 1 heterocycles. The summed E-state index contributed by atoms with van der Waals surface area (Å²) in [5, 5.41) is 10.2. The van der Waals surface area contributed by atoms with Gasteiger partial charge in [-0.2, -0.15) is 5.26 Å². The zero-order chi connectivity index (χ0) is 19.1. The molecule has 0 N–H and O–H groups in total. The average Bonchev–Trinajstić information content (AvgIpc) is 2.73. The van der Waals surface area contributed by atoms with Gasteiger partial charge in [-0.15, -0.1) is 0 Å². The van der Waals surface area contributed by atoms with Crippen LogP contribution in [-0.2, 0) is 5.41 Å². The summed E-state index contributed by atoms with van der Waals surface area (Å²) >= 11 is 5.70. The van der Waals surface area contributed by atoms with E-state index in [1.54, 1.807) is 0 Å². The Bertz CT molecular complexity index is 735. The Morgan fingerprint density at radius 2 is 1.48 bits per heavy atom. The van der Waals surface area contributed by atoms with Gasteiger partial charge in [0, 0.05) is 26.2 Å². The number of hydrogen-bond acceptors (Lipinski definition) is 3. The summed E-state index contributed by atoms with van der Waals surface area (Å²) in [5.41, 5.74) is 1.49. The number of likely N-dealkylation sites (N-methyl/N-ethyl adjacent to an activating group) is 1. The van der Waals surface area contributed by atoms with Crippen molar-refractivity contribution in [2.75, 3.05) is 33.2 Å². The lowest BCUT2D eigenvalue weighted by Crippen LogP contribution is -2.46. The zero-order valence-corrected chi connectivity index (χ0v) is 16.8. The average molecular weight is 378 g/mol. The SMILES string of the molecule is CN1CCN(C(=S)CCCC(C#N)(c2ccccc2)c2ccccc2)CC1. The highest BCUT2D eigenvalue weighted by Crippen LogP contribution is 2.36. The van der Waals surface area contributed by atoms with Crippen molar-refractivity contribution >= 4 is 17.2 Å². The summed E-state index contributed by atoms with van der Waals surface area (Å²) in [7, 11) is 2.15. The van der Waals surface area contributed by atoms with Crippen molar-refractivity contribution in [1.29, 1.82) is 5.26 Å². The van der Waals surface area contributed by atoms with Gasteiger partial charge in [-0.05, 0) is 37.4 Å². The van der Waals surface area contributed by atoms with E-state index in [0.717, 1.165) is 61.6 Å². The minimum absolute atomic E-state index is 0.625. The molecule has 1 aliphatic rings. The van der Waals surface area contributed by atoms with Crippen LogP contribution in [0.15, 0.2) is 60.7 Å². The Balaban J connectivity index is 1.73. The maximum atomic E-state index is 10.2. The molecule has 0 radical (unpaired) electrons. The van der Waals surface area contributed by atoms with E-state index < -0.39 is 5.41 Å². The van der Waals surface area contributed by atoms with E-state index in [9.17, 15) is 5.26 Å². The quantitative estimate of drug-likeness (QED) is 0.705. The molecule has 0 unspecified atom stereocenters. The van der Waals surface area contributed by atoms with Crippen LogP contribution in [0.3, 0.4) is 0 Å². The molecule has 1 aliphatic heterocycles. The van der Waals surface area contributed by atoms with E-state index in [2.05, 4.69) is 47.2 Å². The van der Waals surface area contributed by atoms with Crippen molar-refractivity contribution in [3.05, 3.63) is 71.8 Å². The van der Waals surface area contributed by atoms with E-state index in [0.29, 0.717) is 0 Å². The first kappa shape index (κ1) is 19.5. The van der Waals surface area contributed by atoms with E-state index in [1.807, 2.05) is 36.4 Å². The van der Waals surface area contributed by atoms with Gasteiger partial charge >= 0.3 is 0 Å². The van der Waals surface area contributed by atoms with Crippen molar-refractivity contribution < 1.29 is 0 Å². The number of rotatable bonds is 6. The highest BCUT2D eigenvalue weighted by Gasteiger charge is 2.34. The van der Waals surface area contributed by atoms with Crippen molar-refractivity contribution in [3.8, 4) is 6.07 Å². The third kappa shape index (κ3) is 4.55. The molecule has 2 aromatic rings. The van der Waals surface area contributed by atoms with Crippen LogP contribution in [0.4, 0.5) is 0 Å². The predicted molar refractivity (Wildman–Crippen MR) is 115 cm³/mol. The number of nitriles is 1. The Labute approximate surface area is 168 Å². The largest absolute Gasteiger partial charge is 0.364 e. The molecule has 2 aromatic carbocycles. The molecule has 1 saturated heterocycles. The second kappa shape index (κ2) is 9.12. The minimum Gasteiger partial charge on any atom is -0.364 e. The fraction of sp³-hybridized carbons (Fsp3) is 0.391. The van der Waals surface area contributed by atoms with E-state index in [-0.39, 0.29) is 0 Å². The van der Waals surface area contributed by atoms with Crippen molar-refractivity contribution in [2.45, 2.75) is 24.7 Å². The van der Waals surface area contributed by atoms with Gasteiger partial charge in [-0.3, -0.25) is 0 Å². The van der Waals surface area contributed by atoms with Gasteiger partial charge in [0.15, 0.2) is 0 Å². The lowest BCUT2D eigenvalue weighted by Gasteiger charge is -2.34. The molecule has 140 valence electrons. The smallest absolute Gasteiger partial charge is 0.107 e. The van der Waals surface area contributed by atoms with Crippen LogP contribution in [0, 0.1) is 11.3 Å². The Morgan fingerprint density at radius 3 is 1.96 bits per heavy atom. The molecule has 4 heteroatoms. The van der Waals surface area contributed by atoms with Gasteiger partial charge < -0.3 is 9.80 Å². The lowest BCUT2D eigenvalue weighted by atomic mass is 9.72. The van der Waals surface area contributed by atoms with Crippen LogP contribution < -0.4 is 0 Å². The Morgan fingerprint density at radius 1 is 0.963 bits per heavy atom. The highest BCUT2D eigenvalue weighted by molar-refractivity contribution is 7.80. The summed E-state index contributed by atoms with van der Waals surface area (Å²) in [6.07, 6.45) is 2.54. The molecule has 27 heavy (non-hydrogen) atoms. The molecule has 0 bridgehead atoms. The molecule has 3 nitrogen and oxygen atoms in total. The van der Waals surface area contributed by atoms with Gasteiger partial charge in [-0.1, -0.05) is 72.9 Å². The first-order valence-electron chi connectivity index (χ1n) is 9.64. The maximum Gasteiger partial charge on any atom is 0.107 e. The molecule has 0 atom stereocenters. The van der Waals surface area contributed by atoms with Crippen LogP contribution in [0.1, 0.15) is 30.4 Å². The lowest BCUT2D eigenvalue weighted by molar-refractivity contribution is 0.215. The normalized spacial score (nSPS) is 15.3. The first-order valence-corrected chi connectivity index (χ1v) is 10.1. The van der Waals surface area contributed by atoms with Crippen LogP contribution >= 0.6 is 12.2 Å². The van der Waals surface area contributed by atoms with Gasteiger partial charge in [0.25, 0.3) is 0 Å². The second-order valence-electron chi connectivity index (χ2n) is 7.29. The fourth-order valence-corrected chi connectivity index (χ4v) is 4.13. The molecule has 0 spiro atoms. The minimum atomic E-state index is -0.625. The van der Waals surface area contributed by atoms with Gasteiger partial charge in [0.2, 0.25) is 0 Å². The van der Waals surface area contributed by atoms with E-state index >= 15 is 0 Å². The van der Waals surface area contributed by atoms with Crippen LogP contribution in [0.2, 0.25) is 0 Å². The standard InChI is InChI=1S/C23H27N3S/c1-25-15-17-26(18-16-25)22(27)13-8-14-23(19-24,20-9-4-2-5-10-20)21-11-6-3-7-12-21/h2-7,9-12H,8,13-18H2,1H3. The third-order valence-corrected chi connectivity index (χ3v) is 5.98. The van der Waals surface area contributed by atoms with Crippen LogP contribution in [0.25, 0.3) is 0 Å². The number of piperazine rings is 1. The molecule has 0 saturated carbocycles. The van der Waals surface area contributed by atoms with E-state index in [4.69, 9.17) is 12.2 Å². The molecule has 1 fully saturated rings. The summed E-state index contributed by atoms with van der Waals surface area (Å²) in [6.45, 7) is 4.15. The molecular weight excluding hydrogens is 350 g/mol. The van der Waals surface area contributed by atoms with Crippen LogP contribution in [-0.4, -0.2) is 48.0 Å². The summed E-state index contributed by atoms with van der Waals surface area (Å²) in [6, 6.07) is 23.0. The number of nitrogens with zero attached hydrogens (tertiary/aromatic N) is 3. The molecular formula is C23H27N3S. The number of benzene rings is 2. The highest BCUT2D eigenvalue weighted by atomic mass is 32.1. The molecule has 0 aliphatic carbocycles. The van der Waals surface area contributed by atoms with Crippen LogP contribution in [0.5, 0.6) is 0 Å². The summed E-state index contributed by atoms with van der Waals surface area (Å²) in [5.74, 6) is 0. The van der Waals surface area contributed by atoms with Crippen molar-refractivity contribution in [3.63, 3.8) is 0 Å². The third-order valence-electron chi connectivity index (χ3n) is 5.52. The summed E-state index contributed by atoms with van der Waals surface area (Å²) < 4.78 is 0. The monoisotopic (exact) mass is 377 g/mol. The van der Waals surface area contributed by atoms with Crippen molar-refractivity contribution in [2.24, 2.45) is 0 Å². The van der Waals surface area contributed by atoms with E-state index in [1.165, 1.54) is 0 Å². The maximum absolute atomic E-state index is 10.2. The second-order valence-corrected chi connectivity index (χ2v) is 7.76. The Hall–Kier alpha value is -2.22. The Kier molecular flexibility index (Phi) is 6.60. The fourth-order valence-electron chi connectivity index (χ4n) is 3.80. The van der Waals surface area contributed by atoms with Gasteiger partial charge in [-0.25, -0.2) is 0 Å².